The van der Waals surface area contributed by atoms with Gasteiger partial charge in [0.15, 0.2) is 0 Å². The molecule has 2 rings (SSSR count). The van der Waals surface area contributed by atoms with Gasteiger partial charge in [-0.25, -0.2) is 13.6 Å². The minimum atomic E-state index is -3.83. The molecule has 136 valence electrons. The van der Waals surface area contributed by atoms with Crippen LogP contribution < -0.4 is 10.5 Å². The molecule has 0 aliphatic heterocycles. The van der Waals surface area contributed by atoms with Gasteiger partial charge in [0.25, 0.3) is 0 Å². The maximum atomic E-state index is 12.2. The molecule has 0 radical (unpaired) electrons. The normalized spacial score (nSPS) is 11.5. The molecular formula is C18H23BrN2O2S2. The van der Waals surface area contributed by atoms with Gasteiger partial charge in [-0.3, -0.25) is 0 Å². The van der Waals surface area contributed by atoms with Gasteiger partial charge < -0.3 is 5.32 Å². The Hall–Kier alpha value is -1.02. The Morgan fingerprint density at radius 1 is 1.24 bits per heavy atom. The first kappa shape index (κ1) is 20.3. The molecule has 0 saturated carbocycles. The number of rotatable bonds is 8. The van der Waals surface area contributed by atoms with Crippen molar-refractivity contribution in [3.05, 3.63) is 47.5 Å². The number of aryl methyl sites for hydroxylation is 1. The zero-order valence-corrected chi connectivity index (χ0v) is 17.6. The number of nitrogens with two attached hydrogens (primary N) is 1. The second-order valence-electron chi connectivity index (χ2n) is 5.80. The van der Waals surface area contributed by atoms with E-state index in [-0.39, 0.29) is 4.90 Å². The van der Waals surface area contributed by atoms with E-state index in [4.69, 9.17) is 5.14 Å². The molecule has 0 aromatic heterocycles. The Morgan fingerprint density at radius 3 is 2.56 bits per heavy atom. The number of sulfonamides is 1. The van der Waals surface area contributed by atoms with Crippen LogP contribution in [0, 0.1) is 6.92 Å². The highest BCUT2D eigenvalue weighted by molar-refractivity contribution is 9.08. The summed E-state index contributed by atoms with van der Waals surface area (Å²) in [6, 6.07) is 11.5. The number of hydrogen-bond donors (Lipinski definition) is 2. The van der Waals surface area contributed by atoms with Gasteiger partial charge in [-0.1, -0.05) is 59.2 Å². The van der Waals surface area contributed by atoms with Crippen molar-refractivity contribution in [2.24, 2.45) is 5.14 Å². The van der Waals surface area contributed by atoms with Gasteiger partial charge >= 0.3 is 0 Å². The molecule has 0 atom stereocenters. The smallest absolute Gasteiger partial charge is 0.239 e. The Kier molecular flexibility index (Phi) is 7.37. The van der Waals surface area contributed by atoms with Crippen LogP contribution in [0.4, 0.5) is 5.69 Å². The summed E-state index contributed by atoms with van der Waals surface area (Å²) < 4.78 is 24.4. The van der Waals surface area contributed by atoms with Crippen LogP contribution in [0.1, 0.15) is 30.9 Å². The number of alkyl halides is 1. The fourth-order valence-electron chi connectivity index (χ4n) is 2.37. The third kappa shape index (κ3) is 5.48. The molecule has 0 aliphatic carbocycles. The van der Waals surface area contributed by atoms with Gasteiger partial charge in [-0.2, -0.15) is 0 Å². The van der Waals surface area contributed by atoms with Gasteiger partial charge in [-0.05, 0) is 42.7 Å². The lowest BCUT2D eigenvalue weighted by Gasteiger charge is -2.17. The van der Waals surface area contributed by atoms with Gasteiger partial charge in [0.2, 0.25) is 10.0 Å². The third-order valence-corrected chi connectivity index (χ3v) is 6.76. The number of benzene rings is 2. The molecule has 2 aromatic rings. The highest BCUT2D eigenvalue weighted by atomic mass is 79.9. The van der Waals surface area contributed by atoms with Crippen molar-refractivity contribution >= 4 is 43.4 Å². The zero-order chi connectivity index (χ0) is 18.4. The van der Waals surface area contributed by atoms with Crippen LogP contribution in [0.2, 0.25) is 0 Å². The van der Waals surface area contributed by atoms with Crippen LogP contribution in [-0.4, -0.2) is 15.0 Å². The average molecular weight is 443 g/mol. The monoisotopic (exact) mass is 442 g/mol. The first-order chi connectivity index (χ1) is 11.9. The lowest BCUT2D eigenvalue weighted by molar-refractivity contribution is 0.595. The van der Waals surface area contributed by atoms with Crippen LogP contribution >= 0.6 is 27.7 Å². The summed E-state index contributed by atoms with van der Waals surface area (Å²) in [5.74, 6) is 0. The van der Waals surface area contributed by atoms with E-state index in [2.05, 4.69) is 28.2 Å². The van der Waals surface area contributed by atoms with Crippen molar-refractivity contribution < 1.29 is 8.42 Å². The minimum absolute atomic E-state index is 0.164. The van der Waals surface area contributed by atoms with Crippen molar-refractivity contribution in [3.63, 3.8) is 0 Å². The van der Waals surface area contributed by atoms with Crippen LogP contribution in [0.5, 0.6) is 0 Å². The highest BCUT2D eigenvalue weighted by Gasteiger charge is 2.20. The molecule has 0 bridgehead atoms. The second-order valence-corrected chi connectivity index (χ2v) is 8.94. The van der Waals surface area contributed by atoms with E-state index >= 15 is 0 Å². The Bertz CT molecular complexity index is 839. The topological polar surface area (TPSA) is 72.2 Å². The van der Waals surface area contributed by atoms with Crippen molar-refractivity contribution in [2.75, 3.05) is 11.9 Å². The molecule has 4 nitrogen and oxygen atoms in total. The van der Waals surface area contributed by atoms with E-state index in [9.17, 15) is 8.42 Å². The van der Waals surface area contributed by atoms with Crippen molar-refractivity contribution in [3.8, 4) is 0 Å². The molecule has 7 heteroatoms. The van der Waals surface area contributed by atoms with Crippen molar-refractivity contribution in [2.45, 2.75) is 46.7 Å². The Morgan fingerprint density at radius 2 is 1.96 bits per heavy atom. The average Bonchev–Trinajstić information content (AvgIpc) is 2.57. The first-order valence-electron chi connectivity index (χ1n) is 8.09. The van der Waals surface area contributed by atoms with Crippen LogP contribution in [0.25, 0.3) is 0 Å². The fourth-order valence-corrected chi connectivity index (χ4v) is 4.84. The molecule has 0 saturated heterocycles. The first-order valence-corrected chi connectivity index (χ1v) is 11.6. The van der Waals surface area contributed by atoms with E-state index in [1.807, 2.05) is 37.3 Å². The van der Waals surface area contributed by atoms with E-state index in [1.165, 1.54) is 11.8 Å². The summed E-state index contributed by atoms with van der Waals surface area (Å²) in [6.07, 6.45) is 2.07. The van der Waals surface area contributed by atoms with Gasteiger partial charge in [0, 0.05) is 22.5 Å². The Labute approximate surface area is 162 Å². The fraction of sp³-hybridized carbons (Fsp3) is 0.333. The highest BCUT2D eigenvalue weighted by Crippen LogP contribution is 2.40. The van der Waals surface area contributed by atoms with Gasteiger partial charge in [0.05, 0.1) is 9.79 Å². The molecule has 0 unspecified atom stereocenters. The summed E-state index contributed by atoms with van der Waals surface area (Å²) in [5.41, 5.74) is 2.77. The molecule has 3 N–H and O–H groups in total. The predicted octanol–water partition coefficient (Wildman–Crippen LogP) is 4.90. The summed E-state index contributed by atoms with van der Waals surface area (Å²) in [4.78, 5) is 1.83. The second kappa shape index (κ2) is 9.07. The summed E-state index contributed by atoms with van der Waals surface area (Å²) in [7, 11) is -3.83. The largest absolute Gasteiger partial charge is 0.384 e. The molecule has 25 heavy (non-hydrogen) atoms. The number of primary sulfonamides is 1. The number of unbranched alkanes of at least 4 members (excludes halogenated alkanes) is 1. The van der Waals surface area contributed by atoms with Gasteiger partial charge in [0.1, 0.15) is 0 Å². The van der Waals surface area contributed by atoms with Crippen molar-refractivity contribution in [1.82, 2.24) is 0 Å². The maximum absolute atomic E-state index is 12.2. The summed E-state index contributed by atoms with van der Waals surface area (Å²) in [5, 5.41) is 9.45. The molecule has 0 aliphatic rings. The number of hydrogen-bond acceptors (Lipinski definition) is 4. The lowest BCUT2D eigenvalue weighted by Crippen LogP contribution is -2.15. The molecule has 0 heterocycles. The predicted molar refractivity (Wildman–Crippen MR) is 109 cm³/mol. The van der Waals surface area contributed by atoms with E-state index in [1.54, 1.807) is 6.07 Å². The number of nitrogens with one attached hydrogen (secondary N) is 1. The maximum Gasteiger partial charge on any atom is 0.239 e. The Balaban J connectivity index is 2.57. The van der Waals surface area contributed by atoms with Crippen molar-refractivity contribution in [1.29, 1.82) is 0 Å². The zero-order valence-electron chi connectivity index (χ0n) is 14.4. The van der Waals surface area contributed by atoms with E-state index in [0.29, 0.717) is 10.2 Å². The quantitative estimate of drug-likeness (QED) is 0.450. The van der Waals surface area contributed by atoms with E-state index in [0.717, 1.165) is 41.1 Å². The van der Waals surface area contributed by atoms with E-state index < -0.39 is 10.0 Å². The number of anilines is 1. The molecule has 0 spiro atoms. The van der Waals surface area contributed by atoms with Crippen LogP contribution in [-0.2, 0) is 15.4 Å². The standard InChI is InChI=1S/C18H23BrN2O2S2/c1-3-4-9-21-15-10-14(12-19)11-17(25(20,22)23)18(15)24-16-8-6-5-7-13(16)2/h5-8,10-11,21H,3-4,9,12H2,1-2H3,(H2,20,22,23). The molecule has 2 aromatic carbocycles. The summed E-state index contributed by atoms with van der Waals surface area (Å²) in [6.45, 7) is 4.92. The van der Waals surface area contributed by atoms with Gasteiger partial charge in [-0.15, -0.1) is 0 Å². The summed E-state index contributed by atoms with van der Waals surface area (Å²) >= 11 is 4.84. The minimum Gasteiger partial charge on any atom is -0.384 e. The molecular weight excluding hydrogens is 420 g/mol. The number of halogens is 1. The molecule has 0 fully saturated rings. The lowest BCUT2D eigenvalue weighted by atomic mass is 10.2. The molecule has 0 amide bonds. The SMILES string of the molecule is CCCCNc1cc(CBr)cc(S(N)(=O)=O)c1Sc1ccccc1C. The van der Waals surface area contributed by atoms with Crippen LogP contribution in [0.15, 0.2) is 51.1 Å². The third-order valence-electron chi connectivity index (χ3n) is 3.73. The van der Waals surface area contributed by atoms with Crippen LogP contribution in [0.3, 0.4) is 0 Å².